The number of carbonyl (C=O) groups excluding carboxylic acids is 1. The lowest BCUT2D eigenvalue weighted by molar-refractivity contribution is -0.127. The average molecular weight is 300 g/mol. The van der Waals surface area contributed by atoms with E-state index in [9.17, 15) is 13.2 Å². The Morgan fingerprint density at radius 1 is 1.32 bits per heavy atom. The molecule has 0 bridgehead atoms. The van der Waals surface area contributed by atoms with Crippen LogP contribution in [0.15, 0.2) is 23.6 Å². The molecule has 1 saturated heterocycles. The zero-order valence-corrected chi connectivity index (χ0v) is 12.3. The molecule has 1 aliphatic rings. The van der Waals surface area contributed by atoms with Crippen LogP contribution in [0, 0.1) is 0 Å². The van der Waals surface area contributed by atoms with Crippen molar-refractivity contribution in [2.75, 3.05) is 32.4 Å². The number of hydrogen-bond acceptors (Lipinski definition) is 4. The number of piperazine rings is 1. The van der Waals surface area contributed by atoms with Crippen LogP contribution in [0.3, 0.4) is 0 Å². The van der Waals surface area contributed by atoms with Crippen molar-refractivity contribution in [3.63, 3.8) is 0 Å². The van der Waals surface area contributed by atoms with Gasteiger partial charge in [-0.1, -0.05) is 6.07 Å². The van der Waals surface area contributed by atoms with Gasteiger partial charge in [-0.3, -0.25) is 4.79 Å². The standard InChI is InChI=1S/C12H16N2O3S2/c1-19(16,17)14-8-6-13(7-9-14)12(15)5-4-11-3-2-10-18-11/h2-5,10H,6-9H2,1H3. The molecule has 0 N–H and O–H groups in total. The summed E-state index contributed by atoms with van der Waals surface area (Å²) < 4.78 is 24.1. The van der Waals surface area contributed by atoms with Gasteiger partial charge >= 0.3 is 0 Å². The Hall–Kier alpha value is -1.18. The normalized spacial score (nSPS) is 18.1. The molecule has 0 spiro atoms. The first-order chi connectivity index (χ1) is 8.97. The highest BCUT2D eigenvalue weighted by molar-refractivity contribution is 7.88. The number of hydrogen-bond donors (Lipinski definition) is 0. The maximum Gasteiger partial charge on any atom is 0.246 e. The summed E-state index contributed by atoms with van der Waals surface area (Å²) in [4.78, 5) is 14.6. The summed E-state index contributed by atoms with van der Waals surface area (Å²) in [6.45, 7) is 1.64. The monoisotopic (exact) mass is 300 g/mol. The van der Waals surface area contributed by atoms with Gasteiger partial charge in [0.15, 0.2) is 0 Å². The highest BCUT2D eigenvalue weighted by atomic mass is 32.2. The van der Waals surface area contributed by atoms with Crippen LogP contribution in [0.5, 0.6) is 0 Å². The van der Waals surface area contributed by atoms with Crippen molar-refractivity contribution in [1.29, 1.82) is 0 Å². The van der Waals surface area contributed by atoms with E-state index in [4.69, 9.17) is 0 Å². The lowest BCUT2D eigenvalue weighted by Crippen LogP contribution is -2.49. The number of rotatable bonds is 3. The van der Waals surface area contributed by atoms with E-state index in [0.29, 0.717) is 26.2 Å². The fourth-order valence-corrected chi connectivity index (χ4v) is 3.33. The molecule has 1 fully saturated rings. The molecule has 0 atom stereocenters. The van der Waals surface area contributed by atoms with E-state index in [0.717, 1.165) is 4.88 Å². The molecule has 2 rings (SSSR count). The summed E-state index contributed by atoms with van der Waals surface area (Å²) in [5.41, 5.74) is 0. The maximum atomic E-state index is 11.9. The molecule has 1 aromatic rings. The minimum Gasteiger partial charge on any atom is -0.337 e. The van der Waals surface area contributed by atoms with Crippen LogP contribution in [0.1, 0.15) is 4.88 Å². The lowest BCUT2D eigenvalue weighted by atomic mass is 10.3. The first-order valence-corrected chi connectivity index (χ1v) is 8.65. The minimum atomic E-state index is -3.14. The molecule has 0 aliphatic carbocycles. The number of sulfonamides is 1. The van der Waals surface area contributed by atoms with Gasteiger partial charge in [-0.2, -0.15) is 4.31 Å². The molecule has 0 radical (unpaired) electrons. The van der Waals surface area contributed by atoms with Crippen LogP contribution in [0.4, 0.5) is 0 Å². The second kappa shape index (κ2) is 5.85. The summed E-state index contributed by atoms with van der Waals surface area (Å²) in [7, 11) is -3.14. The van der Waals surface area contributed by atoms with Crippen LogP contribution in [-0.4, -0.2) is 56.0 Å². The van der Waals surface area contributed by atoms with E-state index in [-0.39, 0.29) is 5.91 Å². The van der Waals surface area contributed by atoms with Gasteiger partial charge in [-0.25, -0.2) is 8.42 Å². The number of thiophene rings is 1. The van der Waals surface area contributed by atoms with Crippen LogP contribution in [0.2, 0.25) is 0 Å². The molecule has 5 nitrogen and oxygen atoms in total. The number of amides is 1. The fraction of sp³-hybridized carbons (Fsp3) is 0.417. The molecule has 1 amide bonds. The van der Waals surface area contributed by atoms with Crippen molar-refractivity contribution in [2.24, 2.45) is 0 Å². The molecule has 7 heteroatoms. The van der Waals surface area contributed by atoms with Gasteiger partial charge in [0, 0.05) is 37.1 Å². The van der Waals surface area contributed by atoms with E-state index in [1.165, 1.54) is 10.6 Å². The van der Waals surface area contributed by atoms with Crippen molar-refractivity contribution >= 4 is 33.3 Å². The highest BCUT2D eigenvalue weighted by Gasteiger charge is 2.24. The molecule has 19 heavy (non-hydrogen) atoms. The van der Waals surface area contributed by atoms with E-state index in [1.54, 1.807) is 28.4 Å². The molecular formula is C12H16N2O3S2. The Morgan fingerprint density at radius 3 is 2.53 bits per heavy atom. The molecule has 104 valence electrons. The third kappa shape index (κ3) is 3.89. The topological polar surface area (TPSA) is 57.7 Å². The molecule has 2 heterocycles. The SMILES string of the molecule is CS(=O)(=O)N1CCN(C(=O)C=Cc2cccs2)CC1. The summed E-state index contributed by atoms with van der Waals surface area (Å²) in [5.74, 6) is -0.0680. The maximum absolute atomic E-state index is 11.9. The van der Waals surface area contributed by atoms with Gasteiger partial charge < -0.3 is 4.90 Å². The largest absolute Gasteiger partial charge is 0.337 e. The van der Waals surface area contributed by atoms with Gasteiger partial charge in [0.25, 0.3) is 0 Å². The number of carbonyl (C=O) groups is 1. The summed E-state index contributed by atoms with van der Waals surface area (Å²) in [6, 6.07) is 3.87. The van der Waals surface area contributed by atoms with Gasteiger partial charge in [0.2, 0.25) is 15.9 Å². The third-order valence-corrected chi connectivity index (χ3v) is 5.09. The minimum absolute atomic E-state index is 0.0680. The van der Waals surface area contributed by atoms with Crippen molar-refractivity contribution in [3.8, 4) is 0 Å². The zero-order valence-electron chi connectivity index (χ0n) is 10.7. The molecule has 1 aliphatic heterocycles. The first kappa shape index (κ1) is 14.2. The zero-order chi connectivity index (χ0) is 13.9. The third-order valence-electron chi connectivity index (χ3n) is 2.95. The van der Waals surface area contributed by atoms with Gasteiger partial charge in [-0.05, 0) is 17.5 Å². The second-order valence-corrected chi connectivity index (χ2v) is 7.30. The van der Waals surface area contributed by atoms with Crippen LogP contribution < -0.4 is 0 Å². The van der Waals surface area contributed by atoms with E-state index >= 15 is 0 Å². The summed E-state index contributed by atoms with van der Waals surface area (Å²) >= 11 is 1.57. The van der Waals surface area contributed by atoms with Crippen molar-refractivity contribution in [3.05, 3.63) is 28.5 Å². The Kier molecular flexibility index (Phi) is 4.38. The van der Waals surface area contributed by atoms with Crippen LogP contribution in [-0.2, 0) is 14.8 Å². The molecule has 0 unspecified atom stereocenters. The quantitative estimate of drug-likeness (QED) is 0.778. The summed E-state index contributed by atoms with van der Waals surface area (Å²) in [6.07, 6.45) is 4.53. The average Bonchev–Trinajstić information content (AvgIpc) is 2.88. The Labute approximate surface area is 117 Å². The van der Waals surface area contributed by atoms with Gasteiger partial charge in [0.1, 0.15) is 0 Å². The number of nitrogens with zero attached hydrogens (tertiary/aromatic N) is 2. The van der Waals surface area contributed by atoms with Gasteiger partial charge in [0.05, 0.1) is 6.26 Å². The molecule has 0 saturated carbocycles. The Bertz CT molecular complexity index is 556. The summed E-state index contributed by atoms with van der Waals surface area (Å²) in [5, 5.41) is 1.95. The van der Waals surface area contributed by atoms with Crippen molar-refractivity contribution in [1.82, 2.24) is 9.21 Å². The van der Waals surface area contributed by atoms with Crippen LogP contribution in [0.25, 0.3) is 6.08 Å². The smallest absolute Gasteiger partial charge is 0.246 e. The van der Waals surface area contributed by atoms with E-state index < -0.39 is 10.0 Å². The van der Waals surface area contributed by atoms with Crippen molar-refractivity contribution < 1.29 is 13.2 Å². The van der Waals surface area contributed by atoms with Crippen molar-refractivity contribution in [2.45, 2.75) is 0 Å². The fourth-order valence-electron chi connectivity index (χ4n) is 1.89. The predicted octanol–water partition coefficient (Wildman–Crippen LogP) is 0.865. The highest BCUT2D eigenvalue weighted by Crippen LogP contribution is 2.11. The lowest BCUT2D eigenvalue weighted by Gasteiger charge is -2.32. The van der Waals surface area contributed by atoms with Gasteiger partial charge in [-0.15, -0.1) is 11.3 Å². The van der Waals surface area contributed by atoms with Crippen LogP contribution >= 0.6 is 11.3 Å². The Morgan fingerprint density at radius 2 is 2.00 bits per heavy atom. The van der Waals surface area contributed by atoms with E-state index in [1.807, 2.05) is 17.5 Å². The predicted molar refractivity (Wildman–Crippen MR) is 76.3 cm³/mol. The molecule has 1 aromatic heterocycles. The first-order valence-electron chi connectivity index (χ1n) is 5.92. The molecule has 0 aromatic carbocycles. The second-order valence-electron chi connectivity index (χ2n) is 4.34. The molecular weight excluding hydrogens is 284 g/mol. The van der Waals surface area contributed by atoms with E-state index in [2.05, 4.69) is 0 Å². The Balaban J connectivity index is 1.89.